The van der Waals surface area contributed by atoms with E-state index in [0.717, 1.165) is 12.8 Å². The molecule has 2 atom stereocenters. The van der Waals surface area contributed by atoms with Gasteiger partial charge in [0.2, 0.25) is 0 Å². The molecule has 1 aliphatic rings. The van der Waals surface area contributed by atoms with Crippen molar-refractivity contribution in [1.82, 2.24) is 0 Å². The van der Waals surface area contributed by atoms with Gasteiger partial charge in [-0.25, -0.2) is 0 Å². The van der Waals surface area contributed by atoms with E-state index in [9.17, 15) is 0 Å². The maximum atomic E-state index is 5.64. The Bertz CT molecular complexity index is 111. The largest absolute Gasteiger partial charge is 0.326 e. The number of nitrogens with two attached hydrogens (primary N) is 1. The summed E-state index contributed by atoms with van der Waals surface area (Å²) in [5, 5.41) is 7.95. The van der Waals surface area contributed by atoms with Crippen molar-refractivity contribution in [1.29, 1.82) is 0 Å². The van der Waals surface area contributed by atoms with Crippen molar-refractivity contribution in [2.24, 2.45) is 16.0 Å². The van der Waals surface area contributed by atoms with Gasteiger partial charge in [0.05, 0.1) is 12.6 Å². The van der Waals surface area contributed by atoms with E-state index in [1.807, 2.05) is 0 Å². The first-order valence-corrected chi connectivity index (χ1v) is 3.41. The Balaban J connectivity index is 2.39. The Morgan fingerprint density at radius 2 is 2.22 bits per heavy atom. The third kappa shape index (κ3) is 2.10. The van der Waals surface area contributed by atoms with Crippen molar-refractivity contribution >= 4 is 0 Å². The third-order valence-corrected chi connectivity index (χ3v) is 1.55. The molecule has 2 N–H and O–H groups in total. The fourth-order valence-corrected chi connectivity index (χ4v) is 0.896. The smallest absolute Gasteiger partial charge is 0.0750 e. The van der Waals surface area contributed by atoms with Crippen molar-refractivity contribution in [2.45, 2.75) is 31.8 Å². The molecule has 0 amide bonds. The van der Waals surface area contributed by atoms with Crippen LogP contribution in [-0.2, 0) is 0 Å². The van der Waals surface area contributed by atoms with E-state index in [2.05, 4.69) is 17.2 Å². The zero-order valence-electron chi connectivity index (χ0n) is 5.75. The normalized spacial score (nSPS) is 36.2. The lowest BCUT2D eigenvalue weighted by molar-refractivity contribution is 0.583. The van der Waals surface area contributed by atoms with Gasteiger partial charge in [-0.1, -0.05) is 0 Å². The molecule has 2 unspecified atom stereocenters. The zero-order valence-corrected chi connectivity index (χ0v) is 5.75. The topological polar surface area (TPSA) is 50.7 Å². The first kappa shape index (κ1) is 6.68. The van der Waals surface area contributed by atoms with Gasteiger partial charge in [-0.3, -0.25) is 0 Å². The predicted molar refractivity (Wildman–Crippen MR) is 36.4 cm³/mol. The summed E-state index contributed by atoms with van der Waals surface area (Å²) in [6.07, 6.45) is 2.15. The fourth-order valence-electron chi connectivity index (χ4n) is 0.896. The molecule has 0 fully saturated rings. The molecular formula is C6H13N3. The van der Waals surface area contributed by atoms with Crippen LogP contribution in [0.1, 0.15) is 19.8 Å². The molecule has 0 bridgehead atoms. The van der Waals surface area contributed by atoms with Gasteiger partial charge in [0.15, 0.2) is 0 Å². The van der Waals surface area contributed by atoms with Crippen LogP contribution in [0.15, 0.2) is 10.2 Å². The summed E-state index contributed by atoms with van der Waals surface area (Å²) in [5.41, 5.74) is 5.64. The van der Waals surface area contributed by atoms with Gasteiger partial charge in [-0.15, -0.1) is 0 Å². The average molecular weight is 127 g/mol. The average Bonchev–Trinajstić information content (AvgIpc) is 1.97. The Morgan fingerprint density at radius 3 is 3.00 bits per heavy atom. The summed E-state index contributed by atoms with van der Waals surface area (Å²) in [5.74, 6) is 0. The number of hydrogen-bond donors (Lipinski definition) is 1. The first-order chi connectivity index (χ1) is 4.29. The molecule has 0 aromatic carbocycles. The summed E-state index contributed by atoms with van der Waals surface area (Å²) in [7, 11) is 0. The van der Waals surface area contributed by atoms with Crippen LogP contribution in [0.2, 0.25) is 0 Å². The third-order valence-electron chi connectivity index (χ3n) is 1.55. The lowest BCUT2D eigenvalue weighted by Crippen LogP contribution is -2.22. The predicted octanol–water partition coefficient (Wildman–Crippen LogP) is 0.948. The van der Waals surface area contributed by atoms with E-state index in [-0.39, 0.29) is 6.04 Å². The Labute approximate surface area is 55.3 Å². The molecular weight excluding hydrogens is 114 g/mol. The molecule has 1 rings (SSSR count). The highest BCUT2D eigenvalue weighted by atomic mass is 15.1. The number of rotatable bonds is 0. The van der Waals surface area contributed by atoms with Crippen LogP contribution in [0.5, 0.6) is 0 Å². The minimum absolute atomic E-state index is 0.249. The Morgan fingerprint density at radius 1 is 1.44 bits per heavy atom. The highest BCUT2D eigenvalue weighted by Crippen LogP contribution is 2.08. The summed E-state index contributed by atoms with van der Waals surface area (Å²) in [6, 6.07) is 0.636. The van der Waals surface area contributed by atoms with Crippen molar-refractivity contribution in [3.05, 3.63) is 0 Å². The number of azo groups is 1. The lowest BCUT2D eigenvalue weighted by Gasteiger charge is -2.03. The van der Waals surface area contributed by atoms with E-state index in [1.165, 1.54) is 0 Å². The van der Waals surface area contributed by atoms with E-state index < -0.39 is 0 Å². The molecule has 0 aromatic rings. The number of nitrogens with zero attached hydrogens (tertiary/aromatic N) is 2. The van der Waals surface area contributed by atoms with Gasteiger partial charge in [-0.05, 0) is 19.8 Å². The molecule has 1 heterocycles. The van der Waals surface area contributed by atoms with Crippen LogP contribution in [0.3, 0.4) is 0 Å². The van der Waals surface area contributed by atoms with Gasteiger partial charge in [0.1, 0.15) is 0 Å². The molecule has 0 aliphatic carbocycles. The summed E-state index contributed by atoms with van der Waals surface area (Å²) in [4.78, 5) is 0. The second kappa shape index (κ2) is 2.92. The summed E-state index contributed by atoms with van der Waals surface area (Å²) < 4.78 is 0. The van der Waals surface area contributed by atoms with Gasteiger partial charge < -0.3 is 5.73 Å². The maximum Gasteiger partial charge on any atom is 0.0750 e. The van der Waals surface area contributed by atoms with E-state index >= 15 is 0 Å². The van der Waals surface area contributed by atoms with Crippen LogP contribution in [0.4, 0.5) is 0 Å². The van der Waals surface area contributed by atoms with Crippen molar-refractivity contribution in [2.75, 3.05) is 6.54 Å². The first-order valence-electron chi connectivity index (χ1n) is 3.41. The van der Waals surface area contributed by atoms with E-state index in [4.69, 9.17) is 5.73 Å². The van der Waals surface area contributed by atoms with Gasteiger partial charge in [0.25, 0.3) is 0 Å². The van der Waals surface area contributed by atoms with Crippen molar-refractivity contribution in [3.63, 3.8) is 0 Å². The second-order valence-electron chi connectivity index (χ2n) is 2.63. The zero-order chi connectivity index (χ0) is 6.69. The van der Waals surface area contributed by atoms with Gasteiger partial charge in [0, 0.05) is 6.04 Å². The lowest BCUT2D eigenvalue weighted by atomic mass is 10.1. The molecule has 3 nitrogen and oxygen atoms in total. The highest BCUT2D eigenvalue weighted by Gasteiger charge is 2.08. The Kier molecular flexibility index (Phi) is 2.16. The fraction of sp³-hybridized carbons (Fsp3) is 1.00. The number of hydrogen-bond acceptors (Lipinski definition) is 3. The molecule has 0 saturated heterocycles. The molecule has 0 aromatic heterocycles. The second-order valence-corrected chi connectivity index (χ2v) is 2.63. The standard InChI is InChI=1S/C6H13N3/c1-5-2-3-6(7)4-8-9-5/h5-6H,2-4,7H2,1H3. The minimum Gasteiger partial charge on any atom is -0.326 e. The quantitative estimate of drug-likeness (QED) is 0.517. The highest BCUT2D eigenvalue weighted by molar-refractivity contribution is 4.71. The SMILES string of the molecule is CC1CCC(N)CN=N1. The van der Waals surface area contributed by atoms with Crippen LogP contribution in [0.25, 0.3) is 0 Å². The van der Waals surface area contributed by atoms with Crippen LogP contribution in [0, 0.1) is 0 Å². The molecule has 0 radical (unpaired) electrons. The molecule has 0 saturated carbocycles. The van der Waals surface area contributed by atoms with Gasteiger partial charge in [-0.2, -0.15) is 10.2 Å². The van der Waals surface area contributed by atoms with Crippen LogP contribution in [-0.4, -0.2) is 18.6 Å². The Hall–Kier alpha value is -0.440. The molecule has 1 aliphatic heterocycles. The minimum atomic E-state index is 0.249. The van der Waals surface area contributed by atoms with Crippen molar-refractivity contribution in [3.8, 4) is 0 Å². The maximum absolute atomic E-state index is 5.64. The molecule has 0 spiro atoms. The molecule has 52 valence electrons. The van der Waals surface area contributed by atoms with E-state index in [1.54, 1.807) is 0 Å². The van der Waals surface area contributed by atoms with Crippen molar-refractivity contribution < 1.29 is 0 Å². The van der Waals surface area contributed by atoms with Crippen LogP contribution < -0.4 is 5.73 Å². The molecule has 3 heteroatoms. The monoisotopic (exact) mass is 127 g/mol. The summed E-state index contributed by atoms with van der Waals surface area (Å²) in [6.45, 7) is 2.78. The summed E-state index contributed by atoms with van der Waals surface area (Å²) >= 11 is 0. The van der Waals surface area contributed by atoms with Gasteiger partial charge >= 0.3 is 0 Å². The molecule has 9 heavy (non-hydrogen) atoms. The van der Waals surface area contributed by atoms with E-state index in [0.29, 0.717) is 12.6 Å². The van der Waals surface area contributed by atoms with Crippen LogP contribution >= 0.6 is 0 Å².